The van der Waals surface area contributed by atoms with Crippen molar-refractivity contribution in [1.82, 2.24) is 5.32 Å². The van der Waals surface area contributed by atoms with Crippen LogP contribution in [0.1, 0.15) is 6.42 Å². The van der Waals surface area contributed by atoms with E-state index in [1.807, 2.05) is 6.07 Å². The van der Waals surface area contributed by atoms with E-state index in [4.69, 9.17) is 10.00 Å². The van der Waals surface area contributed by atoms with E-state index in [1.165, 1.54) is 0 Å². The Kier molecular flexibility index (Phi) is 6.62. The average molecular weight is 178 g/mol. The molecule has 1 aliphatic rings. The monoisotopic (exact) mass is 178 g/mol. The molecule has 0 saturated carbocycles. The number of Topliss-reactive ketones (excluding diaryl/α,β-unsaturated/α-hetero) is 1. The number of ether oxygens (including phenoxy) is 1. The Labute approximate surface area is 93.6 Å². The van der Waals surface area contributed by atoms with E-state index < -0.39 is 6.10 Å². The van der Waals surface area contributed by atoms with Gasteiger partial charge in [-0.3, -0.25) is 4.79 Å². The van der Waals surface area contributed by atoms with Crippen LogP contribution in [0.4, 0.5) is 0 Å². The van der Waals surface area contributed by atoms with Crippen LogP contribution < -0.4 is 5.32 Å². The molecule has 1 saturated heterocycles. The fourth-order valence-corrected chi connectivity index (χ4v) is 0.964. The number of rotatable bonds is 2. The van der Waals surface area contributed by atoms with Crippen molar-refractivity contribution in [3.63, 3.8) is 0 Å². The van der Waals surface area contributed by atoms with Crippen LogP contribution in [0.15, 0.2) is 0 Å². The maximum atomic E-state index is 11.0. The van der Waals surface area contributed by atoms with Crippen LogP contribution in [0.5, 0.6) is 0 Å². The third kappa shape index (κ3) is 3.65. The third-order valence-electron chi connectivity index (χ3n) is 1.54. The molecular formula is C7H11N2NaO2. The van der Waals surface area contributed by atoms with Gasteiger partial charge in [-0.15, -0.1) is 0 Å². The zero-order chi connectivity index (χ0) is 8.10. The Balaban J connectivity index is 0.00000121. The van der Waals surface area contributed by atoms with Crippen molar-refractivity contribution in [3.05, 3.63) is 0 Å². The molecule has 12 heavy (non-hydrogen) atoms. The average Bonchev–Trinajstić information content (AvgIpc) is 2.07. The van der Waals surface area contributed by atoms with Gasteiger partial charge in [-0.05, 0) is 0 Å². The topological polar surface area (TPSA) is 62.1 Å². The van der Waals surface area contributed by atoms with Crippen molar-refractivity contribution >= 4 is 35.3 Å². The molecule has 1 atom stereocenters. The van der Waals surface area contributed by atoms with E-state index in [0.717, 1.165) is 6.54 Å². The SMILES string of the molecule is N#CCC(=O)C1CNCCO1.[NaH]. The molecule has 0 amide bonds. The quantitative estimate of drug-likeness (QED) is 0.540. The number of hydrogen-bond acceptors (Lipinski definition) is 4. The zero-order valence-electron chi connectivity index (χ0n) is 6.17. The van der Waals surface area contributed by atoms with Crippen LogP contribution >= 0.6 is 0 Å². The number of nitriles is 1. The summed E-state index contributed by atoms with van der Waals surface area (Å²) >= 11 is 0. The van der Waals surface area contributed by atoms with Crippen LogP contribution in [0.2, 0.25) is 0 Å². The van der Waals surface area contributed by atoms with Gasteiger partial charge in [0.05, 0.1) is 19.1 Å². The molecular weight excluding hydrogens is 167 g/mol. The molecule has 1 heterocycles. The Bertz CT molecular complexity index is 184. The van der Waals surface area contributed by atoms with Crippen LogP contribution in [-0.2, 0) is 9.53 Å². The van der Waals surface area contributed by atoms with E-state index in [0.29, 0.717) is 13.2 Å². The number of hydrogen-bond donors (Lipinski definition) is 1. The van der Waals surface area contributed by atoms with Gasteiger partial charge in [0.2, 0.25) is 0 Å². The van der Waals surface area contributed by atoms with Gasteiger partial charge in [0.15, 0.2) is 5.78 Å². The normalized spacial score (nSPS) is 22.1. The van der Waals surface area contributed by atoms with Crippen molar-refractivity contribution in [2.75, 3.05) is 19.7 Å². The fraction of sp³-hybridized carbons (Fsp3) is 0.714. The second-order valence-electron chi connectivity index (χ2n) is 2.36. The third-order valence-corrected chi connectivity index (χ3v) is 1.54. The maximum absolute atomic E-state index is 11.0. The van der Waals surface area contributed by atoms with Crippen molar-refractivity contribution in [1.29, 1.82) is 5.26 Å². The molecule has 1 unspecified atom stereocenters. The number of nitrogens with zero attached hydrogens (tertiary/aromatic N) is 1. The molecule has 5 heteroatoms. The van der Waals surface area contributed by atoms with Gasteiger partial charge in [0.25, 0.3) is 0 Å². The Morgan fingerprint density at radius 2 is 2.50 bits per heavy atom. The molecule has 4 nitrogen and oxygen atoms in total. The van der Waals surface area contributed by atoms with E-state index >= 15 is 0 Å². The summed E-state index contributed by atoms with van der Waals surface area (Å²) in [4.78, 5) is 11.0. The molecule has 0 aromatic carbocycles. The Morgan fingerprint density at radius 3 is 3.00 bits per heavy atom. The van der Waals surface area contributed by atoms with E-state index in [1.54, 1.807) is 0 Å². The summed E-state index contributed by atoms with van der Waals surface area (Å²) in [5.74, 6) is -0.125. The first-order valence-electron chi connectivity index (χ1n) is 3.56. The van der Waals surface area contributed by atoms with Gasteiger partial charge < -0.3 is 10.1 Å². The molecule has 1 N–H and O–H groups in total. The molecule has 0 aromatic heterocycles. The first-order chi connectivity index (χ1) is 5.34. The second kappa shape index (κ2) is 6.58. The Hall–Kier alpha value is 0.0800. The molecule has 0 bridgehead atoms. The summed E-state index contributed by atoms with van der Waals surface area (Å²) < 4.78 is 5.13. The Morgan fingerprint density at radius 1 is 1.75 bits per heavy atom. The molecule has 1 aliphatic heterocycles. The van der Waals surface area contributed by atoms with Gasteiger partial charge in [-0.25, -0.2) is 0 Å². The van der Waals surface area contributed by atoms with Gasteiger partial charge >= 0.3 is 29.6 Å². The van der Waals surface area contributed by atoms with Crippen LogP contribution in [0.25, 0.3) is 0 Å². The standard InChI is InChI=1S/C7H10N2O2.Na.H/c8-2-1-6(10)7-5-9-3-4-11-7;;/h7,9H,1,3-5H2;;. The molecule has 62 valence electrons. The number of carbonyl (C=O) groups is 1. The van der Waals surface area contributed by atoms with Gasteiger partial charge in [0, 0.05) is 13.1 Å². The fourth-order valence-electron chi connectivity index (χ4n) is 0.964. The molecule has 0 aliphatic carbocycles. The number of ketones is 1. The molecule has 0 radical (unpaired) electrons. The summed E-state index contributed by atoms with van der Waals surface area (Å²) in [6.07, 6.45) is -0.449. The molecule has 1 fully saturated rings. The molecule has 1 rings (SSSR count). The van der Waals surface area contributed by atoms with Crippen molar-refractivity contribution in [3.8, 4) is 6.07 Å². The zero-order valence-corrected chi connectivity index (χ0v) is 6.17. The first kappa shape index (κ1) is 12.1. The van der Waals surface area contributed by atoms with Gasteiger partial charge in [-0.2, -0.15) is 5.26 Å². The van der Waals surface area contributed by atoms with E-state index in [9.17, 15) is 4.79 Å². The molecule has 0 aromatic rings. The predicted octanol–water partition coefficient (Wildman–Crippen LogP) is -1.19. The number of morpholine rings is 1. The van der Waals surface area contributed by atoms with Crippen LogP contribution in [-0.4, -0.2) is 61.1 Å². The van der Waals surface area contributed by atoms with Crippen molar-refractivity contribution in [2.24, 2.45) is 0 Å². The minimum atomic E-state index is -0.400. The second-order valence-corrected chi connectivity index (χ2v) is 2.36. The van der Waals surface area contributed by atoms with Crippen molar-refractivity contribution in [2.45, 2.75) is 12.5 Å². The molecule has 0 spiro atoms. The summed E-state index contributed by atoms with van der Waals surface area (Å²) in [7, 11) is 0. The minimum absolute atomic E-state index is 0. The summed E-state index contributed by atoms with van der Waals surface area (Å²) in [6.45, 7) is 1.89. The number of carbonyl (C=O) groups excluding carboxylic acids is 1. The van der Waals surface area contributed by atoms with Gasteiger partial charge in [0.1, 0.15) is 6.10 Å². The number of nitrogens with one attached hydrogen (secondary N) is 1. The van der Waals surface area contributed by atoms with E-state index in [2.05, 4.69) is 5.32 Å². The van der Waals surface area contributed by atoms with E-state index in [-0.39, 0.29) is 41.8 Å². The van der Waals surface area contributed by atoms with Gasteiger partial charge in [-0.1, -0.05) is 0 Å². The van der Waals surface area contributed by atoms with Crippen LogP contribution in [0.3, 0.4) is 0 Å². The summed E-state index contributed by atoms with van der Waals surface area (Å²) in [5.41, 5.74) is 0. The predicted molar refractivity (Wildman–Crippen MR) is 45.0 cm³/mol. The summed E-state index contributed by atoms with van der Waals surface area (Å²) in [5, 5.41) is 11.2. The van der Waals surface area contributed by atoms with Crippen LogP contribution in [0, 0.1) is 11.3 Å². The first-order valence-corrected chi connectivity index (χ1v) is 3.56. The summed E-state index contributed by atoms with van der Waals surface area (Å²) in [6, 6.07) is 1.81. The van der Waals surface area contributed by atoms with Crippen molar-refractivity contribution < 1.29 is 9.53 Å².